The van der Waals surface area contributed by atoms with E-state index >= 15 is 0 Å². The number of halogens is 1. The van der Waals surface area contributed by atoms with Gasteiger partial charge in [-0.2, -0.15) is 0 Å². The minimum Gasteiger partial charge on any atom is -0.324 e. The number of nitrogens with two attached hydrogens (primary N) is 1. The minimum absolute atomic E-state index is 0.118. The van der Waals surface area contributed by atoms with E-state index in [2.05, 4.69) is 31.2 Å². The van der Waals surface area contributed by atoms with Gasteiger partial charge in [0.05, 0.1) is 0 Å². The van der Waals surface area contributed by atoms with Crippen molar-refractivity contribution in [3.05, 3.63) is 59.1 Å². The molecule has 0 saturated carbocycles. The van der Waals surface area contributed by atoms with Crippen LogP contribution in [-0.2, 0) is 0 Å². The predicted octanol–water partition coefficient (Wildman–Crippen LogP) is 6.07. The molecule has 3 heteroatoms. The third-order valence-electron chi connectivity index (χ3n) is 3.48. The van der Waals surface area contributed by atoms with Gasteiger partial charge in [-0.25, -0.2) is 0 Å². The van der Waals surface area contributed by atoms with Crippen molar-refractivity contribution in [2.24, 2.45) is 5.73 Å². The maximum Gasteiger partial charge on any atom is 0.0406 e. The smallest absolute Gasteiger partial charge is 0.0406 e. The lowest BCUT2D eigenvalue weighted by atomic mass is 10.0. The van der Waals surface area contributed by atoms with Crippen LogP contribution in [0.2, 0.25) is 5.02 Å². The Hall–Kier alpha value is -0.960. The zero-order valence-corrected chi connectivity index (χ0v) is 14.0. The number of rotatable bonds is 7. The van der Waals surface area contributed by atoms with Gasteiger partial charge in [0.1, 0.15) is 0 Å². The van der Waals surface area contributed by atoms with Gasteiger partial charge in [-0.3, -0.25) is 0 Å². The summed E-state index contributed by atoms with van der Waals surface area (Å²) < 4.78 is 0. The molecule has 0 radical (unpaired) electrons. The average Bonchev–Trinajstić information content (AvgIpc) is 2.50. The molecule has 0 aromatic heterocycles. The molecule has 2 aromatic rings. The Morgan fingerprint density at radius 1 is 1.05 bits per heavy atom. The third kappa shape index (κ3) is 5.06. The Morgan fingerprint density at radius 2 is 1.76 bits per heavy atom. The van der Waals surface area contributed by atoms with Gasteiger partial charge in [-0.15, -0.1) is 0 Å². The van der Waals surface area contributed by atoms with E-state index in [9.17, 15) is 0 Å². The highest BCUT2D eigenvalue weighted by Crippen LogP contribution is 2.34. The predicted molar refractivity (Wildman–Crippen MR) is 93.1 cm³/mol. The maximum absolute atomic E-state index is 6.38. The molecule has 0 amide bonds. The Bertz CT molecular complexity index is 553. The fourth-order valence-corrected chi connectivity index (χ4v) is 3.42. The van der Waals surface area contributed by atoms with Gasteiger partial charge < -0.3 is 5.73 Å². The van der Waals surface area contributed by atoms with E-state index in [1.165, 1.54) is 34.6 Å². The molecule has 0 aliphatic heterocycles. The normalized spacial score (nSPS) is 12.3. The largest absolute Gasteiger partial charge is 0.324 e. The fourth-order valence-electron chi connectivity index (χ4n) is 2.28. The van der Waals surface area contributed by atoms with Crippen LogP contribution in [0.25, 0.3) is 0 Å². The summed E-state index contributed by atoms with van der Waals surface area (Å²) in [6, 6.07) is 16.5. The Labute approximate surface area is 136 Å². The molecule has 0 unspecified atom stereocenters. The maximum atomic E-state index is 6.38. The van der Waals surface area contributed by atoms with E-state index in [4.69, 9.17) is 17.3 Å². The summed E-state index contributed by atoms with van der Waals surface area (Å²) in [5, 5.41) is 0.768. The number of hydrogen-bond donors (Lipinski definition) is 1. The first-order valence-electron chi connectivity index (χ1n) is 7.48. The van der Waals surface area contributed by atoms with Crippen LogP contribution in [0.4, 0.5) is 0 Å². The summed E-state index contributed by atoms with van der Waals surface area (Å²) in [7, 11) is 0. The van der Waals surface area contributed by atoms with Crippen molar-refractivity contribution in [1.82, 2.24) is 0 Å². The Kier molecular flexibility index (Phi) is 6.62. The molecule has 21 heavy (non-hydrogen) atoms. The summed E-state index contributed by atoms with van der Waals surface area (Å²) >= 11 is 7.69. The van der Waals surface area contributed by atoms with Crippen LogP contribution < -0.4 is 5.73 Å². The second-order valence-corrected chi connectivity index (χ2v) is 6.75. The number of benzene rings is 2. The number of unbranched alkanes of at least 4 members (excludes halogenated alkanes) is 2. The fraction of sp³-hybridized carbons (Fsp3) is 0.333. The second-order valence-electron chi connectivity index (χ2n) is 5.20. The van der Waals surface area contributed by atoms with E-state index in [0.717, 1.165) is 11.4 Å². The Balaban J connectivity index is 2.10. The van der Waals surface area contributed by atoms with Gasteiger partial charge in [0.2, 0.25) is 0 Å². The van der Waals surface area contributed by atoms with Gasteiger partial charge >= 0.3 is 0 Å². The second kappa shape index (κ2) is 8.47. The lowest BCUT2D eigenvalue weighted by Gasteiger charge is -2.16. The van der Waals surface area contributed by atoms with E-state index < -0.39 is 0 Å². The van der Waals surface area contributed by atoms with E-state index in [-0.39, 0.29) is 6.04 Å². The molecule has 0 heterocycles. The zero-order chi connectivity index (χ0) is 15.1. The monoisotopic (exact) mass is 319 g/mol. The Morgan fingerprint density at radius 3 is 2.48 bits per heavy atom. The summed E-state index contributed by atoms with van der Waals surface area (Å²) in [6.07, 6.45) is 4.72. The van der Waals surface area contributed by atoms with E-state index in [0.29, 0.717) is 0 Å². The van der Waals surface area contributed by atoms with Gasteiger partial charge in [-0.1, -0.05) is 67.7 Å². The zero-order valence-electron chi connectivity index (χ0n) is 12.4. The summed E-state index contributed by atoms with van der Waals surface area (Å²) in [4.78, 5) is 2.43. The molecule has 0 spiro atoms. The first-order chi connectivity index (χ1) is 10.2. The van der Waals surface area contributed by atoms with Crippen molar-refractivity contribution in [2.75, 3.05) is 0 Å². The van der Waals surface area contributed by atoms with Crippen LogP contribution in [0.15, 0.2) is 58.3 Å². The van der Waals surface area contributed by atoms with Crippen LogP contribution in [0, 0.1) is 0 Å². The highest BCUT2D eigenvalue weighted by Gasteiger charge is 2.11. The van der Waals surface area contributed by atoms with Crippen LogP contribution in [-0.4, -0.2) is 0 Å². The lowest BCUT2D eigenvalue weighted by molar-refractivity contribution is 0.575. The van der Waals surface area contributed by atoms with Crippen molar-refractivity contribution in [2.45, 2.75) is 48.4 Å². The van der Waals surface area contributed by atoms with Crippen LogP contribution >= 0.6 is 23.4 Å². The molecule has 112 valence electrons. The summed E-state index contributed by atoms with van der Waals surface area (Å²) in [6.45, 7) is 2.22. The molecule has 2 N–H and O–H groups in total. The first kappa shape index (κ1) is 16.4. The summed E-state index contributed by atoms with van der Waals surface area (Å²) in [5.74, 6) is 0. The van der Waals surface area contributed by atoms with Crippen LogP contribution in [0.5, 0.6) is 0 Å². The molecule has 0 saturated heterocycles. The molecular weight excluding hydrogens is 298 g/mol. The lowest BCUT2D eigenvalue weighted by Crippen LogP contribution is -2.11. The van der Waals surface area contributed by atoms with E-state index in [1.54, 1.807) is 11.8 Å². The SMILES string of the molecule is CCCCC[C@H](N)c1ccccc1Sc1ccc(Cl)cc1. The molecule has 0 aliphatic rings. The number of hydrogen-bond acceptors (Lipinski definition) is 2. The molecule has 1 atom stereocenters. The molecule has 2 aromatic carbocycles. The quantitative estimate of drug-likeness (QED) is 0.627. The van der Waals surface area contributed by atoms with Crippen molar-refractivity contribution in [1.29, 1.82) is 0 Å². The van der Waals surface area contributed by atoms with Gasteiger partial charge in [0, 0.05) is 20.9 Å². The van der Waals surface area contributed by atoms with Crippen molar-refractivity contribution in [3.63, 3.8) is 0 Å². The van der Waals surface area contributed by atoms with Crippen molar-refractivity contribution in [3.8, 4) is 0 Å². The topological polar surface area (TPSA) is 26.0 Å². The third-order valence-corrected chi connectivity index (χ3v) is 4.83. The standard InChI is InChI=1S/C18H22ClNS/c1-2-3-4-8-17(20)16-7-5-6-9-18(16)21-15-12-10-14(19)11-13-15/h5-7,9-13,17H,2-4,8,20H2,1H3/t17-/m0/s1. The van der Waals surface area contributed by atoms with Gasteiger partial charge in [0.25, 0.3) is 0 Å². The molecule has 1 nitrogen and oxygen atoms in total. The first-order valence-corrected chi connectivity index (χ1v) is 8.68. The van der Waals surface area contributed by atoms with Crippen molar-refractivity contribution < 1.29 is 0 Å². The molecule has 0 bridgehead atoms. The molecule has 2 rings (SSSR count). The van der Waals surface area contributed by atoms with Crippen LogP contribution in [0.3, 0.4) is 0 Å². The van der Waals surface area contributed by atoms with E-state index in [1.807, 2.05) is 24.3 Å². The van der Waals surface area contributed by atoms with Gasteiger partial charge in [0.15, 0.2) is 0 Å². The molecule has 0 aliphatic carbocycles. The van der Waals surface area contributed by atoms with Crippen molar-refractivity contribution >= 4 is 23.4 Å². The average molecular weight is 320 g/mol. The molecular formula is C18H22ClNS. The minimum atomic E-state index is 0.118. The highest BCUT2D eigenvalue weighted by molar-refractivity contribution is 7.99. The van der Waals surface area contributed by atoms with Gasteiger partial charge in [-0.05, 0) is 42.3 Å². The highest BCUT2D eigenvalue weighted by atomic mass is 35.5. The summed E-state index contributed by atoms with van der Waals surface area (Å²) in [5.41, 5.74) is 7.62. The van der Waals surface area contributed by atoms with Crippen LogP contribution in [0.1, 0.15) is 44.2 Å². The molecule has 0 fully saturated rings.